The molecule has 0 amide bonds. The van der Waals surface area contributed by atoms with Crippen molar-refractivity contribution in [1.29, 1.82) is 0 Å². The smallest absolute Gasteiger partial charge is 0.344 e. The van der Waals surface area contributed by atoms with Crippen molar-refractivity contribution in [3.8, 4) is 17.1 Å². The van der Waals surface area contributed by atoms with Crippen LogP contribution in [0.5, 0.6) is 5.75 Å². The number of ether oxygens (including phenoxy) is 1. The minimum Gasteiger partial charge on any atom is -0.497 e. The predicted molar refractivity (Wildman–Crippen MR) is 81.1 cm³/mol. The standard InChI is InChI=1S/C16H11NO5/c1-21-11-7-5-10(6-8-11)15-9-13-12(16(18)22-15)3-2-4-14(13)17(19)20/h2-9H,1H3. The van der Waals surface area contributed by atoms with Crippen LogP contribution in [-0.2, 0) is 0 Å². The molecule has 0 saturated carbocycles. The van der Waals surface area contributed by atoms with Crippen LogP contribution in [0.1, 0.15) is 0 Å². The van der Waals surface area contributed by atoms with Crippen molar-refractivity contribution in [3.63, 3.8) is 0 Å². The highest BCUT2D eigenvalue weighted by Crippen LogP contribution is 2.28. The number of nitro groups is 1. The maximum absolute atomic E-state index is 12.1. The molecular weight excluding hydrogens is 286 g/mol. The summed E-state index contributed by atoms with van der Waals surface area (Å²) in [7, 11) is 1.55. The molecule has 110 valence electrons. The monoisotopic (exact) mass is 297 g/mol. The summed E-state index contributed by atoms with van der Waals surface area (Å²) in [5.74, 6) is 0.937. The van der Waals surface area contributed by atoms with Crippen LogP contribution in [0.4, 0.5) is 5.69 Å². The molecule has 0 atom stereocenters. The first kappa shape index (κ1) is 13.8. The second kappa shape index (κ2) is 5.33. The number of methoxy groups -OCH3 is 1. The van der Waals surface area contributed by atoms with Crippen LogP contribution in [0.15, 0.2) is 57.7 Å². The van der Waals surface area contributed by atoms with Gasteiger partial charge in [0.2, 0.25) is 0 Å². The summed E-state index contributed by atoms with van der Waals surface area (Å²) in [5, 5.41) is 11.6. The predicted octanol–water partition coefficient (Wildman–Crippen LogP) is 3.38. The quantitative estimate of drug-likeness (QED) is 0.546. The van der Waals surface area contributed by atoms with Crippen LogP contribution in [-0.4, -0.2) is 12.0 Å². The third kappa shape index (κ3) is 2.31. The summed E-state index contributed by atoms with van der Waals surface area (Å²) in [6.07, 6.45) is 0. The molecule has 0 fully saturated rings. The number of non-ortho nitro benzene ring substituents is 1. The van der Waals surface area contributed by atoms with E-state index < -0.39 is 10.5 Å². The molecule has 0 bridgehead atoms. The van der Waals surface area contributed by atoms with Gasteiger partial charge in [0.05, 0.1) is 22.8 Å². The first-order valence-corrected chi connectivity index (χ1v) is 6.46. The zero-order valence-corrected chi connectivity index (χ0v) is 11.6. The summed E-state index contributed by atoms with van der Waals surface area (Å²) < 4.78 is 10.3. The lowest BCUT2D eigenvalue weighted by molar-refractivity contribution is -0.383. The lowest BCUT2D eigenvalue weighted by Crippen LogP contribution is -2.02. The third-order valence-corrected chi connectivity index (χ3v) is 3.35. The van der Waals surface area contributed by atoms with Gasteiger partial charge >= 0.3 is 5.63 Å². The van der Waals surface area contributed by atoms with Crippen LogP contribution in [0.25, 0.3) is 22.1 Å². The second-order valence-corrected chi connectivity index (χ2v) is 4.62. The zero-order chi connectivity index (χ0) is 15.7. The van der Waals surface area contributed by atoms with Crippen LogP contribution < -0.4 is 10.4 Å². The van der Waals surface area contributed by atoms with E-state index >= 15 is 0 Å². The molecular formula is C16H11NO5. The summed E-state index contributed by atoms with van der Waals surface area (Å²) in [6, 6.07) is 12.7. The molecule has 0 radical (unpaired) electrons. The van der Waals surface area contributed by atoms with Crippen LogP contribution in [0.3, 0.4) is 0 Å². The fraction of sp³-hybridized carbons (Fsp3) is 0.0625. The minimum absolute atomic E-state index is 0.125. The summed E-state index contributed by atoms with van der Waals surface area (Å²) >= 11 is 0. The Balaban J connectivity index is 2.25. The summed E-state index contributed by atoms with van der Waals surface area (Å²) in [5.41, 5.74) is -0.0925. The molecule has 2 aromatic carbocycles. The number of fused-ring (bicyclic) bond motifs is 1. The average Bonchev–Trinajstić information content (AvgIpc) is 2.54. The Morgan fingerprint density at radius 3 is 2.45 bits per heavy atom. The Morgan fingerprint density at radius 2 is 1.82 bits per heavy atom. The molecule has 3 rings (SSSR count). The van der Waals surface area contributed by atoms with E-state index in [1.54, 1.807) is 31.4 Å². The highest BCUT2D eigenvalue weighted by atomic mass is 16.6. The number of nitrogens with zero attached hydrogens (tertiary/aromatic N) is 1. The highest BCUT2D eigenvalue weighted by molar-refractivity contribution is 5.91. The fourth-order valence-corrected chi connectivity index (χ4v) is 2.25. The molecule has 1 aromatic heterocycles. The lowest BCUT2D eigenvalue weighted by atomic mass is 10.1. The van der Waals surface area contributed by atoms with Gasteiger partial charge in [-0.25, -0.2) is 4.79 Å². The molecule has 3 aromatic rings. The van der Waals surface area contributed by atoms with Gasteiger partial charge in [0.25, 0.3) is 5.69 Å². The van der Waals surface area contributed by atoms with E-state index in [0.717, 1.165) is 0 Å². The Hall–Kier alpha value is -3.15. The highest BCUT2D eigenvalue weighted by Gasteiger charge is 2.16. The summed E-state index contributed by atoms with van der Waals surface area (Å²) in [6.45, 7) is 0. The van der Waals surface area contributed by atoms with E-state index in [4.69, 9.17) is 9.15 Å². The van der Waals surface area contributed by atoms with Gasteiger partial charge in [0.1, 0.15) is 11.5 Å². The number of hydrogen-bond donors (Lipinski definition) is 0. The van der Waals surface area contributed by atoms with Crippen molar-refractivity contribution >= 4 is 16.5 Å². The first-order chi connectivity index (χ1) is 10.6. The Morgan fingerprint density at radius 1 is 1.09 bits per heavy atom. The first-order valence-electron chi connectivity index (χ1n) is 6.46. The average molecular weight is 297 g/mol. The van der Waals surface area contributed by atoms with Crippen molar-refractivity contribution in [2.45, 2.75) is 0 Å². The van der Waals surface area contributed by atoms with Gasteiger partial charge in [-0.05, 0) is 36.4 Å². The maximum Gasteiger partial charge on any atom is 0.344 e. The SMILES string of the molecule is COc1ccc(-c2cc3c([N+](=O)[O-])cccc3c(=O)o2)cc1. The van der Waals surface area contributed by atoms with Gasteiger partial charge in [0, 0.05) is 11.6 Å². The van der Waals surface area contributed by atoms with Crippen molar-refractivity contribution in [3.05, 3.63) is 69.1 Å². The Bertz CT molecular complexity index is 912. The largest absolute Gasteiger partial charge is 0.497 e. The minimum atomic E-state index is -0.605. The lowest BCUT2D eigenvalue weighted by Gasteiger charge is -2.04. The molecule has 0 aliphatic carbocycles. The van der Waals surface area contributed by atoms with E-state index in [9.17, 15) is 14.9 Å². The van der Waals surface area contributed by atoms with Crippen LogP contribution in [0.2, 0.25) is 0 Å². The van der Waals surface area contributed by atoms with Crippen molar-refractivity contribution in [1.82, 2.24) is 0 Å². The number of rotatable bonds is 3. The van der Waals surface area contributed by atoms with Crippen molar-refractivity contribution in [2.24, 2.45) is 0 Å². The fourth-order valence-electron chi connectivity index (χ4n) is 2.25. The van der Waals surface area contributed by atoms with Crippen LogP contribution >= 0.6 is 0 Å². The molecule has 0 N–H and O–H groups in total. The van der Waals surface area contributed by atoms with Gasteiger partial charge in [0.15, 0.2) is 0 Å². The van der Waals surface area contributed by atoms with Crippen molar-refractivity contribution in [2.75, 3.05) is 7.11 Å². The molecule has 0 aliphatic heterocycles. The Kier molecular flexibility index (Phi) is 3.34. The van der Waals surface area contributed by atoms with E-state index in [1.807, 2.05) is 0 Å². The molecule has 0 saturated heterocycles. The van der Waals surface area contributed by atoms with Crippen molar-refractivity contribution < 1.29 is 14.1 Å². The van der Waals surface area contributed by atoms with Gasteiger partial charge in [-0.2, -0.15) is 0 Å². The van der Waals surface area contributed by atoms with E-state index in [-0.39, 0.29) is 22.2 Å². The van der Waals surface area contributed by atoms with Gasteiger partial charge in [-0.15, -0.1) is 0 Å². The number of benzene rings is 2. The molecule has 1 heterocycles. The third-order valence-electron chi connectivity index (χ3n) is 3.35. The van der Waals surface area contributed by atoms with Gasteiger partial charge in [-0.3, -0.25) is 10.1 Å². The van der Waals surface area contributed by atoms with Gasteiger partial charge < -0.3 is 9.15 Å². The number of hydrogen-bond acceptors (Lipinski definition) is 5. The molecule has 22 heavy (non-hydrogen) atoms. The van der Waals surface area contributed by atoms with Crippen LogP contribution in [0, 0.1) is 10.1 Å². The second-order valence-electron chi connectivity index (χ2n) is 4.62. The molecule has 0 unspecified atom stereocenters. The van der Waals surface area contributed by atoms with E-state index in [1.165, 1.54) is 24.3 Å². The molecule has 6 nitrogen and oxygen atoms in total. The Labute approximate surface area is 124 Å². The van der Waals surface area contributed by atoms with E-state index in [0.29, 0.717) is 11.3 Å². The topological polar surface area (TPSA) is 82.6 Å². The normalized spacial score (nSPS) is 10.6. The molecule has 6 heteroatoms. The zero-order valence-electron chi connectivity index (χ0n) is 11.6. The molecule has 0 aliphatic rings. The molecule has 0 spiro atoms. The van der Waals surface area contributed by atoms with Gasteiger partial charge in [-0.1, -0.05) is 6.07 Å². The van der Waals surface area contributed by atoms with E-state index in [2.05, 4.69) is 0 Å². The maximum atomic E-state index is 12.1. The summed E-state index contributed by atoms with van der Waals surface area (Å²) in [4.78, 5) is 22.7. The number of nitro benzene ring substituents is 1.